The Hall–Kier alpha value is -1.88. The van der Waals surface area contributed by atoms with E-state index in [1.165, 1.54) is 12.1 Å². The van der Waals surface area contributed by atoms with Gasteiger partial charge in [0.2, 0.25) is 5.91 Å². The van der Waals surface area contributed by atoms with Gasteiger partial charge in [-0.05, 0) is 56.5 Å². The number of amides is 1. The number of fused-ring (bicyclic) bond motifs is 3. The first-order valence-corrected chi connectivity index (χ1v) is 8.42. The predicted octanol–water partition coefficient (Wildman–Crippen LogP) is 2.51. The first-order chi connectivity index (χ1) is 11.1. The lowest BCUT2D eigenvalue weighted by Crippen LogP contribution is -2.43. The molecule has 1 amide bonds. The van der Waals surface area contributed by atoms with E-state index >= 15 is 0 Å². The number of benzene rings is 1. The average molecular weight is 315 g/mol. The summed E-state index contributed by atoms with van der Waals surface area (Å²) in [5.41, 5.74) is 2.78. The number of halogens is 1. The smallest absolute Gasteiger partial charge is 0.227 e. The van der Waals surface area contributed by atoms with Gasteiger partial charge in [-0.2, -0.15) is 0 Å². The summed E-state index contributed by atoms with van der Waals surface area (Å²) in [5, 5.41) is 4.25. The molecule has 0 aliphatic carbocycles. The van der Waals surface area contributed by atoms with Gasteiger partial charge in [0.1, 0.15) is 5.82 Å². The Balaban J connectivity index is 1.64. The van der Waals surface area contributed by atoms with E-state index in [1.54, 1.807) is 6.07 Å². The highest BCUT2D eigenvalue weighted by molar-refractivity contribution is 5.90. The molecule has 2 unspecified atom stereocenters. The molecule has 1 aromatic heterocycles. The molecule has 2 aliphatic heterocycles. The van der Waals surface area contributed by atoms with Crippen LogP contribution in [0, 0.1) is 12.7 Å². The van der Waals surface area contributed by atoms with E-state index in [-0.39, 0.29) is 11.7 Å². The SMILES string of the molecule is Cc1[nH]c2ccc(F)cc2c1CC(=O)N1C2CCNCC1CC2. The van der Waals surface area contributed by atoms with Crippen LogP contribution in [0.4, 0.5) is 4.39 Å². The van der Waals surface area contributed by atoms with E-state index in [9.17, 15) is 9.18 Å². The van der Waals surface area contributed by atoms with Gasteiger partial charge in [-0.1, -0.05) is 0 Å². The summed E-state index contributed by atoms with van der Waals surface area (Å²) in [7, 11) is 0. The van der Waals surface area contributed by atoms with Crippen molar-refractivity contribution in [2.75, 3.05) is 13.1 Å². The van der Waals surface area contributed by atoms with Crippen molar-refractivity contribution < 1.29 is 9.18 Å². The molecule has 0 saturated carbocycles. The van der Waals surface area contributed by atoms with Crippen molar-refractivity contribution >= 4 is 16.8 Å². The summed E-state index contributed by atoms with van der Waals surface area (Å²) < 4.78 is 13.6. The maximum absolute atomic E-state index is 13.6. The Morgan fingerprint density at radius 3 is 3.00 bits per heavy atom. The maximum Gasteiger partial charge on any atom is 0.227 e. The molecule has 3 heterocycles. The zero-order valence-corrected chi connectivity index (χ0v) is 13.4. The Kier molecular flexibility index (Phi) is 3.60. The first kappa shape index (κ1) is 14.7. The molecule has 1 aromatic carbocycles. The van der Waals surface area contributed by atoms with Crippen LogP contribution in [0.15, 0.2) is 18.2 Å². The number of carbonyl (C=O) groups is 1. The molecular formula is C18H22FN3O. The Morgan fingerprint density at radius 2 is 2.13 bits per heavy atom. The molecule has 2 fully saturated rings. The van der Waals surface area contributed by atoms with Crippen LogP contribution in [0.3, 0.4) is 0 Å². The molecule has 4 nitrogen and oxygen atoms in total. The van der Waals surface area contributed by atoms with E-state index in [1.807, 2.05) is 6.92 Å². The van der Waals surface area contributed by atoms with Crippen LogP contribution >= 0.6 is 0 Å². The summed E-state index contributed by atoms with van der Waals surface area (Å²) in [4.78, 5) is 18.3. The summed E-state index contributed by atoms with van der Waals surface area (Å²) in [6.07, 6.45) is 3.58. The molecule has 0 spiro atoms. The predicted molar refractivity (Wildman–Crippen MR) is 87.8 cm³/mol. The van der Waals surface area contributed by atoms with E-state index in [0.29, 0.717) is 18.5 Å². The molecule has 2 aromatic rings. The minimum Gasteiger partial charge on any atom is -0.358 e. The lowest BCUT2D eigenvalue weighted by Gasteiger charge is -2.28. The normalized spacial score (nSPS) is 24.2. The highest BCUT2D eigenvalue weighted by atomic mass is 19.1. The van der Waals surface area contributed by atoms with Crippen molar-refractivity contribution in [3.05, 3.63) is 35.3 Å². The van der Waals surface area contributed by atoms with Crippen LogP contribution in [0.1, 0.15) is 30.5 Å². The fourth-order valence-electron chi connectivity index (χ4n) is 4.21. The van der Waals surface area contributed by atoms with Crippen LogP contribution in [0.25, 0.3) is 10.9 Å². The van der Waals surface area contributed by atoms with Gasteiger partial charge in [-0.25, -0.2) is 4.39 Å². The highest BCUT2D eigenvalue weighted by Crippen LogP contribution is 2.30. The second-order valence-corrected chi connectivity index (χ2v) is 6.77. The average Bonchev–Trinajstić information content (AvgIpc) is 2.95. The largest absolute Gasteiger partial charge is 0.358 e. The van der Waals surface area contributed by atoms with Gasteiger partial charge in [0.05, 0.1) is 6.42 Å². The molecule has 122 valence electrons. The van der Waals surface area contributed by atoms with Crippen molar-refractivity contribution in [3.8, 4) is 0 Å². The maximum atomic E-state index is 13.6. The number of nitrogens with zero attached hydrogens (tertiary/aromatic N) is 1. The first-order valence-electron chi connectivity index (χ1n) is 8.42. The van der Waals surface area contributed by atoms with Crippen molar-refractivity contribution in [2.24, 2.45) is 0 Å². The third kappa shape index (κ3) is 2.53. The van der Waals surface area contributed by atoms with Crippen molar-refractivity contribution in [1.82, 2.24) is 15.2 Å². The minimum absolute atomic E-state index is 0.175. The topological polar surface area (TPSA) is 48.1 Å². The fraction of sp³-hybridized carbons (Fsp3) is 0.500. The number of nitrogens with one attached hydrogen (secondary N) is 2. The summed E-state index contributed by atoms with van der Waals surface area (Å²) >= 11 is 0. The van der Waals surface area contributed by atoms with Gasteiger partial charge < -0.3 is 15.2 Å². The molecule has 4 rings (SSSR count). The minimum atomic E-state index is -0.260. The third-order valence-electron chi connectivity index (χ3n) is 5.35. The molecule has 0 radical (unpaired) electrons. The molecule has 2 bridgehead atoms. The van der Waals surface area contributed by atoms with Gasteiger partial charge in [0.15, 0.2) is 0 Å². The molecule has 2 atom stereocenters. The van der Waals surface area contributed by atoms with Crippen molar-refractivity contribution in [3.63, 3.8) is 0 Å². The molecule has 2 aliphatic rings. The number of hydrogen-bond donors (Lipinski definition) is 2. The van der Waals surface area contributed by atoms with E-state index in [2.05, 4.69) is 15.2 Å². The number of aromatic amines is 1. The number of H-pyrrole nitrogens is 1. The van der Waals surface area contributed by atoms with Crippen LogP contribution in [0.5, 0.6) is 0 Å². The number of aryl methyl sites for hydroxylation is 1. The van der Waals surface area contributed by atoms with Crippen LogP contribution in [-0.2, 0) is 11.2 Å². The number of rotatable bonds is 2. The Bertz CT molecular complexity index is 740. The number of carbonyl (C=O) groups excluding carboxylic acids is 1. The zero-order chi connectivity index (χ0) is 16.0. The second kappa shape index (κ2) is 5.64. The highest BCUT2D eigenvalue weighted by Gasteiger charge is 2.38. The van der Waals surface area contributed by atoms with Crippen molar-refractivity contribution in [1.29, 1.82) is 0 Å². The van der Waals surface area contributed by atoms with E-state index in [4.69, 9.17) is 0 Å². The monoisotopic (exact) mass is 315 g/mol. The quantitative estimate of drug-likeness (QED) is 0.894. The number of hydrogen-bond acceptors (Lipinski definition) is 2. The van der Waals surface area contributed by atoms with Crippen LogP contribution in [-0.4, -0.2) is 41.0 Å². The van der Waals surface area contributed by atoms with Gasteiger partial charge >= 0.3 is 0 Å². The summed E-state index contributed by atoms with van der Waals surface area (Å²) in [6.45, 7) is 3.84. The standard InChI is InChI=1S/C18H22FN3O/c1-11-15(16-8-12(19)2-5-17(16)21-11)9-18(23)22-13-3-4-14(22)10-20-7-6-13/h2,5,8,13-14,20-21H,3-4,6-7,9-10H2,1H3. The number of aromatic nitrogens is 1. The Morgan fingerprint density at radius 1 is 1.30 bits per heavy atom. The van der Waals surface area contributed by atoms with Crippen LogP contribution in [0.2, 0.25) is 0 Å². The van der Waals surface area contributed by atoms with E-state index < -0.39 is 0 Å². The Labute approximate surface area is 135 Å². The molecule has 2 saturated heterocycles. The second-order valence-electron chi connectivity index (χ2n) is 6.77. The van der Waals surface area contributed by atoms with Crippen LogP contribution < -0.4 is 5.32 Å². The summed E-state index contributed by atoms with van der Waals surface area (Å²) in [6, 6.07) is 5.40. The molecule has 5 heteroatoms. The fourth-order valence-corrected chi connectivity index (χ4v) is 4.21. The van der Waals surface area contributed by atoms with Gasteiger partial charge in [0.25, 0.3) is 0 Å². The molecule has 23 heavy (non-hydrogen) atoms. The van der Waals surface area contributed by atoms with E-state index in [0.717, 1.165) is 54.5 Å². The molecule has 2 N–H and O–H groups in total. The molecular weight excluding hydrogens is 293 g/mol. The summed E-state index contributed by atoms with van der Waals surface area (Å²) in [5.74, 6) is -0.0845. The van der Waals surface area contributed by atoms with Gasteiger partial charge in [-0.3, -0.25) is 4.79 Å². The third-order valence-corrected chi connectivity index (χ3v) is 5.35. The lowest BCUT2D eigenvalue weighted by molar-refractivity contribution is -0.133. The zero-order valence-electron chi connectivity index (χ0n) is 13.4. The van der Waals surface area contributed by atoms with Crippen molar-refractivity contribution in [2.45, 2.75) is 44.7 Å². The van der Waals surface area contributed by atoms with Gasteiger partial charge in [-0.15, -0.1) is 0 Å². The van der Waals surface area contributed by atoms with Gasteiger partial charge in [0, 0.05) is 35.2 Å². The lowest BCUT2D eigenvalue weighted by atomic mass is 10.1.